The number of hydrogen-bond acceptors (Lipinski definition) is 11. The summed E-state index contributed by atoms with van der Waals surface area (Å²) in [4.78, 5) is 45.6. The van der Waals surface area contributed by atoms with E-state index in [9.17, 15) is 20.1 Å². The average Bonchev–Trinajstić information content (AvgIpc) is 2.61. The molecule has 3 aliphatic heterocycles. The van der Waals surface area contributed by atoms with E-state index < -0.39 is 47.9 Å². The quantitative estimate of drug-likeness (QED) is 0.0587. The number of carbonyl (C=O) groups is 2. The molecule has 11 heteroatoms. The SMILES string of the molecule is COC[C@@H](CCO)c1c(CO)c2ccc3c(c2oc1=O)[C@H]1OC(=O)C[C@H]2C[C@H](c4cccc5c4CC[C@@H]4CCC[C@H]6C=Cc7ccccc7[C@@]546)C=C[C@H]2c2ccc(cc2)CC/C(=C(\C)CO)C(=O)O[C@@H]1[C@@]1(CC=C[C@@H]2CCCC[C@H]21)O3. The first-order valence-corrected chi connectivity index (χ1v) is 30.2. The largest absolute Gasteiger partial charge is 0.482 e. The maximum Gasteiger partial charge on any atom is 0.340 e. The normalized spacial score (nSPS) is 31.2. The van der Waals surface area contributed by atoms with Gasteiger partial charge in [0, 0.05) is 72.2 Å². The first-order valence-electron chi connectivity index (χ1n) is 30.2. The van der Waals surface area contributed by atoms with Gasteiger partial charge in [-0.25, -0.2) is 9.59 Å². The van der Waals surface area contributed by atoms with Crippen molar-refractivity contribution in [2.24, 2.45) is 29.6 Å². The van der Waals surface area contributed by atoms with E-state index in [4.69, 9.17) is 23.4 Å². The summed E-state index contributed by atoms with van der Waals surface area (Å²) in [6.45, 7) is 0.721. The molecule has 14 rings (SSSR count). The Bertz CT molecular complexity index is 3430. The van der Waals surface area contributed by atoms with Crippen LogP contribution in [0.15, 0.2) is 130 Å². The van der Waals surface area contributed by atoms with E-state index in [1.807, 2.05) is 0 Å². The van der Waals surface area contributed by atoms with Crippen LogP contribution in [0.3, 0.4) is 0 Å². The van der Waals surface area contributed by atoms with Crippen LogP contribution >= 0.6 is 0 Å². The minimum atomic E-state index is -1.32. The Morgan fingerprint density at radius 2 is 1.65 bits per heavy atom. The molecule has 3 N–H and O–H groups in total. The average molecular weight is 1090 g/mol. The van der Waals surface area contributed by atoms with Gasteiger partial charge in [-0.15, -0.1) is 0 Å². The molecule has 422 valence electrons. The van der Waals surface area contributed by atoms with Gasteiger partial charge in [0.25, 0.3) is 0 Å². The fourth-order valence-electron chi connectivity index (χ4n) is 17.2. The van der Waals surface area contributed by atoms with E-state index in [-0.39, 0.29) is 90.8 Å². The Balaban J connectivity index is 0.956. The summed E-state index contributed by atoms with van der Waals surface area (Å²) in [7, 11) is 1.52. The Morgan fingerprint density at radius 3 is 2.48 bits per heavy atom. The van der Waals surface area contributed by atoms with Crippen molar-refractivity contribution in [2.45, 2.75) is 151 Å². The number of rotatable bonds is 8. The van der Waals surface area contributed by atoms with Crippen molar-refractivity contribution in [1.29, 1.82) is 0 Å². The van der Waals surface area contributed by atoms with Gasteiger partial charge in [-0.05, 0) is 157 Å². The predicted octanol–water partition coefficient (Wildman–Crippen LogP) is 12.3. The number of methoxy groups -OCH3 is 1. The molecule has 2 fully saturated rings. The van der Waals surface area contributed by atoms with Crippen LogP contribution in [0.5, 0.6) is 5.75 Å². The molecule has 4 heterocycles. The van der Waals surface area contributed by atoms with Crippen molar-refractivity contribution in [3.05, 3.63) is 186 Å². The molecule has 11 nitrogen and oxygen atoms in total. The molecule has 12 atom stereocenters. The molecular weight excluding hydrogens is 1020 g/mol. The zero-order valence-electron chi connectivity index (χ0n) is 46.8. The molecule has 1 aromatic heterocycles. The lowest BCUT2D eigenvalue weighted by Gasteiger charge is -2.55. The zero-order valence-corrected chi connectivity index (χ0v) is 46.8. The van der Waals surface area contributed by atoms with Crippen LogP contribution in [0.2, 0.25) is 0 Å². The Hall–Kier alpha value is -6.37. The third-order valence-electron chi connectivity index (χ3n) is 20.8. The van der Waals surface area contributed by atoms with Crippen LogP contribution in [0.25, 0.3) is 17.0 Å². The van der Waals surface area contributed by atoms with Gasteiger partial charge in [0.1, 0.15) is 11.3 Å². The fraction of sp³-hybridized carbons (Fsp3) is 0.471. The molecule has 2 bridgehead atoms. The number of hydrogen-bond donors (Lipinski definition) is 3. The van der Waals surface area contributed by atoms with E-state index in [1.165, 1.54) is 54.2 Å². The third kappa shape index (κ3) is 9.02. The van der Waals surface area contributed by atoms with E-state index in [0.29, 0.717) is 58.9 Å². The van der Waals surface area contributed by atoms with E-state index in [2.05, 4.69) is 103 Å². The fourth-order valence-corrected chi connectivity index (χ4v) is 17.2. The van der Waals surface area contributed by atoms with Crippen LogP contribution in [0.1, 0.15) is 170 Å². The molecule has 4 aromatic carbocycles. The minimum Gasteiger partial charge on any atom is -0.482 e. The van der Waals surface area contributed by atoms with E-state index in [1.54, 1.807) is 19.1 Å². The summed E-state index contributed by atoms with van der Waals surface area (Å²) >= 11 is 0. The summed E-state index contributed by atoms with van der Waals surface area (Å²) in [5, 5.41) is 32.4. The zero-order chi connectivity index (χ0) is 55.6. The van der Waals surface area contributed by atoms with Gasteiger partial charge in [-0.1, -0.05) is 122 Å². The van der Waals surface area contributed by atoms with Crippen LogP contribution in [0.4, 0.5) is 0 Å². The molecule has 81 heavy (non-hydrogen) atoms. The predicted molar refractivity (Wildman–Crippen MR) is 310 cm³/mol. The Labute approximate surface area is 474 Å². The molecule has 6 aliphatic carbocycles. The highest BCUT2D eigenvalue weighted by Crippen LogP contribution is 2.61. The number of fused-ring (bicyclic) bond motifs is 15. The molecule has 0 unspecified atom stereocenters. The number of aliphatic hydroxyl groups excluding tert-OH is 3. The topological polar surface area (TPSA) is 162 Å². The first kappa shape index (κ1) is 53.9. The smallest absolute Gasteiger partial charge is 0.340 e. The van der Waals surface area contributed by atoms with Crippen molar-refractivity contribution in [2.75, 3.05) is 26.9 Å². The third-order valence-corrected chi connectivity index (χ3v) is 20.8. The molecule has 2 saturated carbocycles. The van der Waals surface area contributed by atoms with E-state index in [0.717, 1.165) is 49.7 Å². The van der Waals surface area contributed by atoms with Crippen molar-refractivity contribution >= 4 is 29.0 Å². The highest BCUT2D eigenvalue weighted by molar-refractivity contribution is 5.90. The van der Waals surface area contributed by atoms with Crippen molar-refractivity contribution < 1.29 is 48.3 Å². The number of esters is 2. The standard InChI is InChI=1S/C70H76O11/c1-41(38-72)51-28-21-42-19-22-43(23-20-42)52-29-25-46(53-15-8-18-59-54(53)30-27-50-14-7-13-49-26-24-45-11-4-6-17-58(45)70(49,50)59)36-48(52)37-61(74)78-65-63-60(81-69(66(65)80-67(51)75)34-9-12-44-10-3-5-16-57(44)69)32-31-55-56(39-73)62(68(76)79-64(55)63)47(33-35-71)40-77-2/h4,6,8-9,11-12,15,17-20,22-26,29,31-32,44,46-50,52,57,65-66,71-73H,3,5,7,10,13-14,16,21,27-28,30,33-40H2,1-2H3/b51-41-/t44-,46+,47+,48+,49-,50-,52-,57+,65+,66-,69-,70-/m0/s1. The minimum absolute atomic E-state index is 0.0262. The van der Waals surface area contributed by atoms with Crippen LogP contribution in [-0.4, -0.2) is 65.9 Å². The van der Waals surface area contributed by atoms with Gasteiger partial charge in [0.15, 0.2) is 17.8 Å². The van der Waals surface area contributed by atoms with Crippen LogP contribution in [-0.2, 0) is 48.7 Å². The lowest BCUT2D eigenvalue weighted by molar-refractivity contribution is -0.208. The Morgan fingerprint density at radius 1 is 0.815 bits per heavy atom. The lowest BCUT2D eigenvalue weighted by atomic mass is 9.48. The molecule has 0 radical (unpaired) electrons. The number of allylic oxidation sites excluding steroid dienone is 4. The summed E-state index contributed by atoms with van der Waals surface area (Å²) in [6.07, 6.45) is 22.9. The van der Waals surface area contributed by atoms with Gasteiger partial charge < -0.3 is 38.7 Å². The Kier molecular flexibility index (Phi) is 14.7. The first-order chi connectivity index (χ1) is 39.6. The second kappa shape index (κ2) is 22.1. The summed E-state index contributed by atoms with van der Waals surface area (Å²) < 4.78 is 33.4. The van der Waals surface area contributed by atoms with Gasteiger partial charge in [-0.2, -0.15) is 0 Å². The summed E-state index contributed by atoms with van der Waals surface area (Å²) in [5.74, 6) is -0.732. The molecule has 0 saturated heterocycles. The van der Waals surface area contributed by atoms with Crippen LogP contribution < -0.4 is 10.4 Å². The van der Waals surface area contributed by atoms with Crippen molar-refractivity contribution in [1.82, 2.24) is 0 Å². The molecule has 5 aromatic rings. The van der Waals surface area contributed by atoms with Crippen LogP contribution in [0, 0.1) is 29.6 Å². The summed E-state index contributed by atoms with van der Waals surface area (Å²) in [5.41, 5.74) is 8.75. The second-order valence-corrected chi connectivity index (χ2v) is 24.8. The maximum absolute atomic E-state index is 15.8. The van der Waals surface area contributed by atoms with Gasteiger partial charge in [-0.3, -0.25) is 4.79 Å². The maximum atomic E-state index is 15.8. The molecule has 9 aliphatic rings. The van der Waals surface area contributed by atoms with Crippen molar-refractivity contribution in [3.63, 3.8) is 0 Å². The van der Waals surface area contributed by atoms with Gasteiger partial charge >= 0.3 is 17.6 Å². The van der Waals surface area contributed by atoms with E-state index >= 15 is 9.59 Å². The highest BCUT2D eigenvalue weighted by Gasteiger charge is 2.61. The molecule has 0 amide bonds. The second-order valence-electron chi connectivity index (χ2n) is 24.8. The number of benzene rings is 4. The number of aliphatic hydroxyl groups is 3. The van der Waals surface area contributed by atoms with Crippen molar-refractivity contribution in [3.8, 4) is 5.75 Å². The number of aryl methyl sites for hydroxylation is 1. The lowest BCUT2D eigenvalue weighted by Crippen LogP contribution is -2.62. The molecular formula is C70H76O11. The van der Waals surface area contributed by atoms with Gasteiger partial charge in [0.05, 0.1) is 25.4 Å². The van der Waals surface area contributed by atoms with Gasteiger partial charge in [0.2, 0.25) is 0 Å². The monoisotopic (exact) mass is 1090 g/mol. The number of ether oxygens (including phenoxy) is 4. The summed E-state index contributed by atoms with van der Waals surface area (Å²) in [6, 6.07) is 28.2. The number of carbonyl (C=O) groups excluding carboxylic acids is 2. The highest BCUT2D eigenvalue weighted by atomic mass is 16.6. The molecule has 2 spiro atoms.